The Balaban J connectivity index is -0.000000853. The van der Waals surface area contributed by atoms with Gasteiger partial charge in [-0.2, -0.15) is 0 Å². The number of thiol groups is 1. The van der Waals surface area contributed by atoms with E-state index in [1.165, 1.54) is 19.3 Å². The van der Waals surface area contributed by atoms with E-state index in [-0.39, 0.29) is 51.7 Å². The maximum atomic E-state index is 13.9. The van der Waals surface area contributed by atoms with Gasteiger partial charge in [0.25, 0.3) is 0 Å². The third kappa shape index (κ3) is 7.29. The molecule has 0 N–H and O–H groups in total. The van der Waals surface area contributed by atoms with Crippen molar-refractivity contribution in [3.05, 3.63) is 29.8 Å². The van der Waals surface area contributed by atoms with Gasteiger partial charge >= 0.3 is 48.9 Å². The minimum absolute atomic E-state index is 0. The summed E-state index contributed by atoms with van der Waals surface area (Å²) in [6.07, 6.45) is 5.62. The van der Waals surface area contributed by atoms with Crippen molar-refractivity contribution < 1.29 is 7.24 Å². The SMILES string of the molecule is CCCCCCCC(F)c1ccccc1S.[Ba+2].[H-].[H-]. The molecule has 0 aliphatic heterocycles. The average Bonchev–Trinajstić information content (AvgIpc) is 2.29. The first-order valence-electron chi connectivity index (χ1n) is 6.17. The van der Waals surface area contributed by atoms with Gasteiger partial charge in [-0.05, 0) is 18.1 Å². The fraction of sp³-hybridized carbons (Fsp3) is 0.571. The van der Waals surface area contributed by atoms with E-state index < -0.39 is 6.17 Å². The minimum Gasteiger partial charge on any atom is -1.00 e. The molecule has 1 aromatic carbocycles. The quantitative estimate of drug-likeness (QED) is 0.376. The van der Waals surface area contributed by atoms with Crippen LogP contribution in [0.5, 0.6) is 0 Å². The molecule has 0 aliphatic rings. The molecule has 0 aliphatic carbocycles. The molecule has 0 spiro atoms. The molecule has 17 heavy (non-hydrogen) atoms. The number of rotatable bonds is 7. The van der Waals surface area contributed by atoms with Crippen LogP contribution < -0.4 is 0 Å². The molecule has 3 heteroatoms. The zero-order valence-corrected chi connectivity index (χ0v) is 16.0. The van der Waals surface area contributed by atoms with Gasteiger partial charge in [0.05, 0.1) is 0 Å². The second-order valence-corrected chi connectivity index (χ2v) is 4.71. The summed E-state index contributed by atoms with van der Waals surface area (Å²) in [6, 6.07) is 7.44. The van der Waals surface area contributed by atoms with Gasteiger partial charge in [0.15, 0.2) is 0 Å². The molecule has 0 heterocycles. The molecule has 0 fully saturated rings. The molecule has 0 nitrogen and oxygen atoms in total. The summed E-state index contributed by atoms with van der Waals surface area (Å²) in [5.41, 5.74) is 0.737. The van der Waals surface area contributed by atoms with E-state index >= 15 is 0 Å². The molecule has 0 saturated carbocycles. The smallest absolute Gasteiger partial charge is 1.00 e. The van der Waals surface area contributed by atoms with Gasteiger partial charge < -0.3 is 2.85 Å². The van der Waals surface area contributed by atoms with Crippen LogP contribution in [0.4, 0.5) is 4.39 Å². The Morgan fingerprint density at radius 3 is 2.47 bits per heavy atom. The molecule has 0 radical (unpaired) electrons. The van der Waals surface area contributed by atoms with Crippen molar-refractivity contribution in [1.29, 1.82) is 0 Å². The largest absolute Gasteiger partial charge is 2.00 e. The van der Waals surface area contributed by atoms with Gasteiger partial charge in [0.1, 0.15) is 6.17 Å². The second-order valence-electron chi connectivity index (χ2n) is 4.23. The Hall–Kier alpha value is 1.07. The van der Waals surface area contributed by atoms with Crippen LogP contribution in [-0.2, 0) is 0 Å². The monoisotopic (exact) mass is 380 g/mol. The number of halogens is 1. The molecule has 1 aromatic rings. The first-order valence-corrected chi connectivity index (χ1v) is 6.62. The van der Waals surface area contributed by atoms with Crippen LogP contribution in [0, 0.1) is 0 Å². The van der Waals surface area contributed by atoms with E-state index in [1.54, 1.807) is 0 Å². The molecule has 0 saturated heterocycles. The molecule has 94 valence electrons. The Morgan fingerprint density at radius 2 is 1.82 bits per heavy atom. The van der Waals surface area contributed by atoms with Crippen molar-refractivity contribution in [3.8, 4) is 0 Å². The number of benzene rings is 1. The van der Waals surface area contributed by atoms with Crippen LogP contribution in [0.2, 0.25) is 0 Å². The van der Waals surface area contributed by atoms with E-state index in [0.717, 1.165) is 23.3 Å². The van der Waals surface area contributed by atoms with E-state index in [9.17, 15) is 4.39 Å². The summed E-state index contributed by atoms with van der Waals surface area (Å²) in [7, 11) is 0. The number of alkyl halides is 1. The minimum atomic E-state index is -0.852. The van der Waals surface area contributed by atoms with Gasteiger partial charge in [-0.3, -0.25) is 0 Å². The van der Waals surface area contributed by atoms with E-state index in [2.05, 4.69) is 19.6 Å². The van der Waals surface area contributed by atoms with Gasteiger partial charge in [0, 0.05) is 4.90 Å². The fourth-order valence-electron chi connectivity index (χ4n) is 1.84. The van der Waals surface area contributed by atoms with Crippen molar-refractivity contribution >= 4 is 61.5 Å². The summed E-state index contributed by atoms with van der Waals surface area (Å²) in [4.78, 5) is 0.767. The van der Waals surface area contributed by atoms with Crippen molar-refractivity contribution in [2.75, 3.05) is 0 Å². The summed E-state index contributed by atoms with van der Waals surface area (Å²) in [5.74, 6) is 0. The molecule has 0 bridgehead atoms. The molecule has 0 amide bonds. The number of unbranched alkanes of at least 4 members (excludes halogenated alkanes) is 4. The van der Waals surface area contributed by atoms with Gasteiger partial charge in [-0.15, -0.1) is 12.6 Å². The van der Waals surface area contributed by atoms with E-state index in [1.807, 2.05) is 24.3 Å². The van der Waals surface area contributed by atoms with Crippen LogP contribution in [0.15, 0.2) is 29.2 Å². The van der Waals surface area contributed by atoms with Crippen LogP contribution in [0.3, 0.4) is 0 Å². The number of hydrogen-bond donors (Lipinski definition) is 1. The zero-order valence-electron chi connectivity index (χ0n) is 12.7. The third-order valence-electron chi connectivity index (χ3n) is 2.84. The topological polar surface area (TPSA) is 0 Å². The molecular formula is C14H23BaFS. The van der Waals surface area contributed by atoms with Gasteiger partial charge in [-0.25, -0.2) is 4.39 Å². The van der Waals surface area contributed by atoms with Crippen LogP contribution in [-0.4, -0.2) is 48.9 Å². The van der Waals surface area contributed by atoms with Crippen LogP contribution in [0.25, 0.3) is 0 Å². The van der Waals surface area contributed by atoms with Crippen molar-refractivity contribution in [2.24, 2.45) is 0 Å². The van der Waals surface area contributed by atoms with Crippen LogP contribution in [0.1, 0.15) is 60.0 Å². The zero-order chi connectivity index (χ0) is 11.8. The Kier molecular flexibility index (Phi) is 11.6. The Bertz CT molecular complexity index is 313. The summed E-state index contributed by atoms with van der Waals surface area (Å²) >= 11 is 4.28. The summed E-state index contributed by atoms with van der Waals surface area (Å²) in [6.45, 7) is 2.19. The van der Waals surface area contributed by atoms with E-state index in [4.69, 9.17) is 0 Å². The first kappa shape index (κ1) is 18.1. The second kappa shape index (κ2) is 10.9. The molecular weight excluding hydrogens is 357 g/mol. The molecule has 1 unspecified atom stereocenters. The maximum absolute atomic E-state index is 13.9. The predicted molar refractivity (Wildman–Crippen MR) is 78.9 cm³/mol. The van der Waals surface area contributed by atoms with Gasteiger partial charge in [0.2, 0.25) is 0 Å². The Labute approximate surface area is 153 Å². The average molecular weight is 380 g/mol. The fourth-order valence-corrected chi connectivity index (χ4v) is 2.14. The molecule has 0 aromatic heterocycles. The van der Waals surface area contributed by atoms with Gasteiger partial charge in [-0.1, -0.05) is 57.2 Å². The predicted octanol–water partition coefficient (Wildman–Crippen LogP) is 5.19. The molecule has 1 rings (SSSR count). The van der Waals surface area contributed by atoms with Crippen molar-refractivity contribution in [3.63, 3.8) is 0 Å². The number of hydrogen-bond acceptors (Lipinski definition) is 1. The van der Waals surface area contributed by atoms with Crippen LogP contribution >= 0.6 is 12.6 Å². The van der Waals surface area contributed by atoms with E-state index in [0.29, 0.717) is 6.42 Å². The first-order chi connectivity index (χ1) is 7.75. The standard InChI is InChI=1S/C14H21FS.Ba.2H/c1-2-3-4-5-6-10-13(15)12-9-7-8-11-14(12)16;;;/h7-9,11,13,16H,2-6,10H2,1H3;;;/q;+2;2*-1. The normalized spacial score (nSPS) is 11.9. The summed E-state index contributed by atoms with van der Waals surface area (Å²) in [5, 5.41) is 0. The third-order valence-corrected chi connectivity index (χ3v) is 3.24. The summed E-state index contributed by atoms with van der Waals surface area (Å²) < 4.78 is 13.9. The maximum Gasteiger partial charge on any atom is 2.00 e. The Morgan fingerprint density at radius 1 is 1.18 bits per heavy atom. The molecule has 1 atom stereocenters. The van der Waals surface area contributed by atoms with Crippen molar-refractivity contribution in [2.45, 2.75) is 56.5 Å². The van der Waals surface area contributed by atoms with Crippen molar-refractivity contribution in [1.82, 2.24) is 0 Å².